The summed E-state index contributed by atoms with van der Waals surface area (Å²) in [5.74, 6) is 0. The number of hydrogen-bond donors (Lipinski definition) is 1. The summed E-state index contributed by atoms with van der Waals surface area (Å²) in [5, 5.41) is 14.8. The molecule has 0 aliphatic carbocycles. The van der Waals surface area contributed by atoms with Gasteiger partial charge in [-0.1, -0.05) is 30.7 Å². The lowest BCUT2D eigenvalue weighted by molar-refractivity contribution is -0.384. The smallest absolute Gasteiger partial charge is 0.270 e. The minimum Gasteiger partial charge on any atom is -0.377 e. The molecule has 21 heavy (non-hydrogen) atoms. The Balaban J connectivity index is 2.25. The molecule has 0 saturated carbocycles. The molecule has 2 aromatic rings. The van der Waals surface area contributed by atoms with Crippen molar-refractivity contribution in [3.8, 4) is 0 Å². The Morgan fingerprint density at radius 2 is 2.10 bits per heavy atom. The second-order valence-corrected chi connectivity index (χ2v) is 5.87. The summed E-state index contributed by atoms with van der Waals surface area (Å²) < 4.78 is 0.664. The average Bonchev–Trinajstić information content (AvgIpc) is 2.45. The van der Waals surface area contributed by atoms with Crippen LogP contribution in [0.15, 0.2) is 46.9 Å². The quantitative estimate of drug-likeness (QED) is 0.553. The van der Waals surface area contributed by atoms with Crippen molar-refractivity contribution in [2.24, 2.45) is 0 Å². The Kier molecular flexibility index (Phi) is 5.20. The number of nitrogens with one attached hydrogen (secondary N) is 1. The molecule has 4 nitrogen and oxygen atoms in total. The first-order valence-corrected chi connectivity index (χ1v) is 7.64. The molecule has 0 aliphatic rings. The molecule has 0 saturated heterocycles. The maximum atomic E-state index is 10.8. The number of benzene rings is 2. The Hall–Kier alpha value is -1.59. The van der Waals surface area contributed by atoms with Crippen molar-refractivity contribution in [2.75, 3.05) is 5.32 Å². The van der Waals surface area contributed by atoms with Gasteiger partial charge in [0.1, 0.15) is 0 Å². The first kappa shape index (κ1) is 15.8. The van der Waals surface area contributed by atoms with E-state index in [-0.39, 0.29) is 11.7 Å². The topological polar surface area (TPSA) is 55.2 Å². The van der Waals surface area contributed by atoms with Gasteiger partial charge in [-0.2, -0.15) is 0 Å². The maximum Gasteiger partial charge on any atom is 0.270 e. The lowest BCUT2D eigenvalue weighted by Gasteiger charge is -2.20. The molecular weight excluding hydrogens is 356 g/mol. The fourth-order valence-electron chi connectivity index (χ4n) is 2.07. The predicted octanol–water partition coefficient (Wildman–Crippen LogP) is 5.57. The van der Waals surface area contributed by atoms with Gasteiger partial charge < -0.3 is 5.32 Å². The summed E-state index contributed by atoms with van der Waals surface area (Å²) in [6.07, 6.45) is 0.865. The summed E-state index contributed by atoms with van der Waals surface area (Å²) in [7, 11) is 0. The first-order valence-electron chi connectivity index (χ1n) is 6.47. The monoisotopic (exact) mass is 368 g/mol. The zero-order valence-corrected chi connectivity index (χ0v) is 13.7. The molecule has 2 aromatic carbocycles. The van der Waals surface area contributed by atoms with Crippen LogP contribution >= 0.6 is 27.5 Å². The van der Waals surface area contributed by atoms with Gasteiger partial charge in [0, 0.05) is 27.3 Å². The average molecular weight is 370 g/mol. The van der Waals surface area contributed by atoms with Crippen LogP contribution in [0.5, 0.6) is 0 Å². The zero-order valence-electron chi connectivity index (χ0n) is 11.3. The van der Waals surface area contributed by atoms with E-state index in [0.29, 0.717) is 9.50 Å². The SMILES string of the molecule is CCC(Nc1ccc([N+](=O)[O-])cc1Br)c1cccc(Cl)c1. The molecule has 0 spiro atoms. The number of nitro groups is 1. The molecule has 1 N–H and O–H groups in total. The number of nitro benzene ring substituents is 1. The highest BCUT2D eigenvalue weighted by atomic mass is 79.9. The van der Waals surface area contributed by atoms with E-state index >= 15 is 0 Å². The molecule has 2 rings (SSSR count). The van der Waals surface area contributed by atoms with Gasteiger partial charge in [0.25, 0.3) is 5.69 Å². The van der Waals surface area contributed by atoms with Crippen molar-refractivity contribution < 1.29 is 4.92 Å². The molecule has 0 fully saturated rings. The number of halogens is 2. The molecule has 1 unspecified atom stereocenters. The van der Waals surface area contributed by atoms with Gasteiger partial charge in [0.05, 0.1) is 11.0 Å². The molecule has 0 aromatic heterocycles. The molecule has 0 aliphatic heterocycles. The fraction of sp³-hybridized carbons (Fsp3) is 0.200. The minimum absolute atomic E-state index is 0.0585. The van der Waals surface area contributed by atoms with Crippen LogP contribution in [-0.2, 0) is 0 Å². The lowest BCUT2D eigenvalue weighted by atomic mass is 10.0. The van der Waals surface area contributed by atoms with E-state index < -0.39 is 4.92 Å². The number of hydrogen-bond acceptors (Lipinski definition) is 3. The Labute approximate surface area is 136 Å². The van der Waals surface area contributed by atoms with E-state index in [4.69, 9.17) is 11.6 Å². The van der Waals surface area contributed by atoms with Crippen molar-refractivity contribution in [3.63, 3.8) is 0 Å². The van der Waals surface area contributed by atoms with Crippen molar-refractivity contribution in [3.05, 3.63) is 67.6 Å². The van der Waals surface area contributed by atoms with Crippen molar-refractivity contribution in [2.45, 2.75) is 19.4 Å². The third kappa shape index (κ3) is 3.95. The van der Waals surface area contributed by atoms with E-state index in [0.717, 1.165) is 17.7 Å². The Morgan fingerprint density at radius 3 is 2.67 bits per heavy atom. The van der Waals surface area contributed by atoms with Gasteiger partial charge in [-0.25, -0.2) is 0 Å². The number of nitrogens with zero attached hydrogens (tertiary/aromatic N) is 1. The van der Waals surface area contributed by atoms with Crippen LogP contribution in [0.1, 0.15) is 24.9 Å². The van der Waals surface area contributed by atoms with Crippen LogP contribution in [-0.4, -0.2) is 4.92 Å². The third-order valence-corrected chi connectivity index (χ3v) is 4.04. The number of rotatable bonds is 5. The third-order valence-electron chi connectivity index (χ3n) is 3.15. The van der Waals surface area contributed by atoms with Gasteiger partial charge in [0.2, 0.25) is 0 Å². The van der Waals surface area contributed by atoms with E-state index in [1.54, 1.807) is 6.07 Å². The second kappa shape index (κ2) is 6.91. The summed E-state index contributed by atoms with van der Waals surface area (Å²) in [6, 6.07) is 12.4. The fourth-order valence-corrected chi connectivity index (χ4v) is 2.75. The van der Waals surface area contributed by atoms with Crippen LogP contribution in [0.25, 0.3) is 0 Å². The summed E-state index contributed by atoms with van der Waals surface area (Å²) in [4.78, 5) is 10.3. The molecule has 6 heteroatoms. The van der Waals surface area contributed by atoms with Gasteiger partial charge in [-0.3, -0.25) is 10.1 Å². The molecule has 1 atom stereocenters. The van der Waals surface area contributed by atoms with Crippen LogP contribution in [0.2, 0.25) is 5.02 Å². The van der Waals surface area contributed by atoms with E-state index in [2.05, 4.69) is 28.2 Å². The van der Waals surface area contributed by atoms with Gasteiger partial charge in [0.15, 0.2) is 0 Å². The lowest BCUT2D eigenvalue weighted by Crippen LogP contribution is -2.10. The van der Waals surface area contributed by atoms with E-state index in [1.165, 1.54) is 12.1 Å². The molecule has 0 bridgehead atoms. The van der Waals surface area contributed by atoms with Crippen LogP contribution in [0.4, 0.5) is 11.4 Å². The largest absolute Gasteiger partial charge is 0.377 e. The molecule has 0 radical (unpaired) electrons. The highest BCUT2D eigenvalue weighted by molar-refractivity contribution is 9.10. The first-order chi connectivity index (χ1) is 10.0. The summed E-state index contributed by atoms with van der Waals surface area (Å²) in [5.41, 5.74) is 1.95. The van der Waals surface area contributed by atoms with Gasteiger partial charge in [-0.15, -0.1) is 0 Å². The molecule has 0 amide bonds. The summed E-state index contributed by atoms with van der Waals surface area (Å²) >= 11 is 9.39. The summed E-state index contributed by atoms with van der Waals surface area (Å²) in [6.45, 7) is 2.07. The van der Waals surface area contributed by atoms with E-state index in [9.17, 15) is 10.1 Å². The van der Waals surface area contributed by atoms with Gasteiger partial charge >= 0.3 is 0 Å². The normalized spacial score (nSPS) is 12.0. The maximum absolute atomic E-state index is 10.8. The number of anilines is 1. The second-order valence-electron chi connectivity index (χ2n) is 4.58. The van der Waals surface area contributed by atoms with Crippen LogP contribution in [0.3, 0.4) is 0 Å². The molecular formula is C15H14BrClN2O2. The highest BCUT2D eigenvalue weighted by Gasteiger charge is 2.14. The highest BCUT2D eigenvalue weighted by Crippen LogP contribution is 2.31. The predicted molar refractivity (Wildman–Crippen MR) is 88.9 cm³/mol. The van der Waals surface area contributed by atoms with Crippen molar-refractivity contribution >= 4 is 38.9 Å². The standard InChI is InChI=1S/C15H14BrClN2O2/c1-2-14(10-4-3-5-11(17)8-10)18-15-7-6-12(19(20)21)9-13(15)16/h3-9,14,18H,2H2,1H3. The Morgan fingerprint density at radius 1 is 1.33 bits per heavy atom. The van der Waals surface area contributed by atoms with Gasteiger partial charge in [-0.05, 0) is 46.1 Å². The molecule has 0 heterocycles. The molecule has 110 valence electrons. The van der Waals surface area contributed by atoms with E-state index in [1.807, 2.05) is 24.3 Å². The zero-order chi connectivity index (χ0) is 15.4. The number of non-ortho nitro benzene ring substituents is 1. The minimum atomic E-state index is -0.414. The van der Waals surface area contributed by atoms with Crippen LogP contribution < -0.4 is 5.32 Å². The Bertz CT molecular complexity index is 664. The van der Waals surface area contributed by atoms with Crippen molar-refractivity contribution in [1.29, 1.82) is 0 Å². The van der Waals surface area contributed by atoms with Crippen molar-refractivity contribution in [1.82, 2.24) is 0 Å². The van der Waals surface area contributed by atoms with Crippen LogP contribution in [0, 0.1) is 10.1 Å².